The average molecular weight is 282 g/mol. The number of carboxylic acid groups (broad SMARTS) is 1. The maximum Gasteiger partial charge on any atom is 0.310 e. The van der Waals surface area contributed by atoms with Crippen molar-refractivity contribution in [3.8, 4) is 0 Å². The lowest BCUT2D eigenvalue weighted by molar-refractivity contribution is -0.138. The molecule has 1 N–H and O–H groups in total. The van der Waals surface area contributed by atoms with Gasteiger partial charge in [-0.15, -0.1) is 0 Å². The molecule has 2 nitrogen and oxygen atoms in total. The van der Waals surface area contributed by atoms with E-state index in [1.165, 1.54) is 22.3 Å². The van der Waals surface area contributed by atoms with Gasteiger partial charge in [-0.1, -0.05) is 48.0 Å². The summed E-state index contributed by atoms with van der Waals surface area (Å²) in [4.78, 5) is 11.5. The van der Waals surface area contributed by atoms with Crippen LogP contribution >= 0.6 is 0 Å². The van der Waals surface area contributed by atoms with E-state index in [0.29, 0.717) is 6.42 Å². The molecule has 2 aromatic rings. The molecule has 2 heteroatoms. The average Bonchev–Trinajstić information content (AvgIpc) is 2.42. The number of carbonyl (C=O) groups is 1. The summed E-state index contributed by atoms with van der Waals surface area (Å²) in [5.41, 5.74) is 5.93. The van der Waals surface area contributed by atoms with Gasteiger partial charge >= 0.3 is 5.97 Å². The summed E-state index contributed by atoms with van der Waals surface area (Å²) in [6, 6.07) is 13.8. The molecular formula is C19H22O2. The molecule has 1 unspecified atom stereocenters. The lowest BCUT2D eigenvalue weighted by atomic mass is 9.89. The highest BCUT2D eigenvalue weighted by Gasteiger charge is 2.20. The molecule has 0 bridgehead atoms. The molecule has 0 spiro atoms. The first-order valence-corrected chi connectivity index (χ1v) is 7.33. The van der Waals surface area contributed by atoms with Gasteiger partial charge in [0.15, 0.2) is 0 Å². The smallest absolute Gasteiger partial charge is 0.310 e. The van der Waals surface area contributed by atoms with Crippen molar-refractivity contribution in [2.75, 3.05) is 0 Å². The normalized spacial score (nSPS) is 12.1. The van der Waals surface area contributed by atoms with Gasteiger partial charge in [-0.25, -0.2) is 0 Å². The lowest BCUT2D eigenvalue weighted by Gasteiger charge is -2.16. The molecule has 2 aromatic carbocycles. The van der Waals surface area contributed by atoms with Gasteiger partial charge in [0.25, 0.3) is 0 Å². The zero-order valence-electron chi connectivity index (χ0n) is 12.9. The predicted octanol–water partition coefficient (Wildman–Crippen LogP) is 4.41. The first-order valence-electron chi connectivity index (χ1n) is 7.33. The molecule has 0 aliphatic rings. The highest BCUT2D eigenvalue weighted by atomic mass is 16.4. The second kappa shape index (κ2) is 6.57. The predicted molar refractivity (Wildman–Crippen MR) is 85.8 cm³/mol. The van der Waals surface area contributed by atoms with Crippen LogP contribution in [-0.2, 0) is 11.2 Å². The van der Waals surface area contributed by atoms with Crippen LogP contribution in [0.15, 0.2) is 42.5 Å². The van der Waals surface area contributed by atoms with Gasteiger partial charge in [-0.2, -0.15) is 0 Å². The van der Waals surface area contributed by atoms with Crippen LogP contribution in [0, 0.1) is 20.8 Å². The van der Waals surface area contributed by atoms with Crippen molar-refractivity contribution in [2.24, 2.45) is 0 Å². The summed E-state index contributed by atoms with van der Waals surface area (Å²) in [6.07, 6.45) is 1.42. The van der Waals surface area contributed by atoms with Crippen LogP contribution in [0.3, 0.4) is 0 Å². The quantitative estimate of drug-likeness (QED) is 0.881. The van der Waals surface area contributed by atoms with Crippen LogP contribution in [0.4, 0.5) is 0 Å². The van der Waals surface area contributed by atoms with Crippen LogP contribution < -0.4 is 0 Å². The van der Waals surface area contributed by atoms with E-state index in [-0.39, 0.29) is 0 Å². The fourth-order valence-corrected chi connectivity index (χ4v) is 3.01. The molecule has 0 aromatic heterocycles. The van der Waals surface area contributed by atoms with E-state index in [1.54, 1.807) is 0 Å². The third-order valence-electron chi connectivity index (χ3n) is 4.02. The van der Waals surface area contributed by atoms with Crippen molar-refractivity contribution in [2.45, 2.75) is 39.5 Å². The molecule has 110 valence electrons. The number of hydrogen-bond donors (Lipinski definition) is 1. The van der Waals surface area contributed by atoms with E-state index in [2.05, 4.69) is 32.9 Å². The summed E-state index contributed by atoms with van der Waals surface area (Å²) >= 11 is 0. The Balaban J connectivity index is 2.19. The Kier molecular flexibility index (Phi) is 4.79. The second-order valence-electron chi connectivity index (χ2n) is 5.72. The van der Waals surface area contributed by atoms with Crippen molar-refractivity contribution in [1.82, 2.24) is 0 Å². The summed E-state index contributed by atoms with van der Waals surface area (Å²) in [7, 11) is 0. The van der Waals surface area contributed by atoms with Crippen molar-refractivity contribution in [3.05, 3.63) is 70.3 Å². The Bertz CT molecular complexity index is 606. The Morgan fingerprint density at radius 2 is 1.62 bits per heavy atom. The molecule has 0 amide bonds. The number of rotatable bonds is 5. The highest BCUT2D eigenvalue weighted by Crippen LogP contribution is 2.25. The monoisotopic (exact) mass is 282 g/mol. The number of carboxylic acids is 1. The van der Waals surface area contributed by atoms with E-state index in [9.17, 15) is 9.90 Å². The third-order valence-corrected chi connectivity index (χ3v) is 4.02. The largest absolute Gasteiger partial charge is 0.481 e. The maximum atomic E-state index is 11.5. The molecule has 0 aliphatic carbocycles. The fourth-order valence-electron chi connectivity index (χ4n) is 3.01. The zero-order valence-corrected chi connectivity index (χ0v) is 12.9. The van der Waals surface area contributed by atoms with Crippen LogP contribution in [0.1, 0.15) is 40.2 Å². The van der Waals surface area contributed by atoms with Crippen molar-refractivity contribution in [3.63, 3.8) is 0 Å². The zero-order chi connectivity index (χ0) is 15.4. The number of benzene rings is 2. The Labute approximate surface area is 126 Å². The number of aliphatic carboxylic acids is 1. The number of aryl methyl sites for hydroxylation is 3. The summed E-state index contributed by atoms with van der Waals surface area (Å²) < 4.78 is 0. The minimum absolute atomic E-state index is 0.439. The highest BCUT2D eigenvalue weighted by molar-refractivity contribution is 5.76. The van der Waals surface area contributed by atoms with Crippen molar-refractivity contribution in [1.29, 1.82) is 0 Å². The molecule has 0 fully saturated rings. The first kappa shape index (κ1) is 15.3. The molecule has 0 aliphatic heterocycles. The molecule has 0 heterocycles. The van der Waals surface area contributed by atoms with E-state index in [1.807, 2.05) is 30.3 Å². The Hall–Kier alpha value is -2.09. The van der Waals surface area contributed by atoms with Gasteiger partial charge in [0, 0.05) is 0 Å². The Morgan fingerprint density at radius 3 is 2.14 bits per heavy atom. The lowest BCUT2D eigenvalue weighted by Crippen LogP contribution is -2.13. The molecular weight excluding hydrogens is 260 g/mol. The molecule has 1 atom stereocenters. The van der Waals surface area contributed by atoms with Gasteiger partial charge in [0.05, 0.1) is 5.92 Å². The van der Waals surface area contributed by atoms with Gasteiger partial charge in [0.2, 0.25) is 0 Å². The van der Waals surface area contributed by atoms with E-state index in [0.717, 1.165) is 12.0 Å². The van der Waals surface area contributed by atoms with Crippen LogP contribution in [0.2, 0.25) is 0 Å². The molecule has 2 rings (SSSR count). The standard InChI is InChI=1S/C19H22O2/c1-13-11-14(2)17(15(3)12-13)9-10-18(19(20)21)16-7-5-4-6-8-16/h4-8,11-12,18H,9-10H2,1-3H3,(H,20,21). The summed E-state index contributed by atoms with van der Waals surface area (Å²) in [6.45, 7) is 6.30. The van der Waals surface area contributed by atoms with Crippen molar-refractivity contribution >= 4 is 5.97 Å². The van der Waals surface area contributed by atoms with Gasteiger partial charge in [-0.3, -0.25) is 4.79 Å². The molecule has 0 radical (unpaired) electrons. The maximum absolute atomic E-state index is 11.5. The van der Waals surface area contributed by atoms with E-state index >= 15 is 0 Å². The van der Waals surface area contributed by atoms with E-state index in [4.69, 9.17) is 0 Å². The van der Waals surface area contributed by atoms with Crippen LogP contribution in [0.5, 0.6) is 0 Å². The van der Waals surface area contributed by atoms with Gasteiger partial charge < -0.3 is 5.11 Å². The van der Waals surface area contributed by atoms with Crippen molar-refractivity contribution < 1.29 is 9.90 Å². The van der Waals surface area contributed by atoms with Crippen LogP contribution in [0.25, 0.3) is 0 Å². The second-order valence-corrected chi connectivity index (χ2v) is 5.72. The fraction of sp³-hybridized carbons (Fsp3) is 0.316. The minimum Gasteiger partial charge on any atom is -0.481 e. The van der Waals surface area contributed by atoms with E-state index < -0.39 is 11.9 Å². The first-order chi connectivity index (χ1) is 9.99. The van der Waals surface area contributed by atoms with Gasteiger partial charge in [0.1, 0.15) is 0 Å². The molecule has 21 heavy (non-hydrogen) atoms. The molecule has 0 saturated heterocycles. The van der Waals surface area contributed by atoms with Crippen LogP contribution in [-0.4, -0.2) is 11.1 Å². The third kappa shape index (κ3) is 3.72. The minimum atomic E-state index is -0.747. The van der Waals surface area contributed by atoms with Gasteiger partial charge in [-0.05, 0) is 55.9 Å². The Morgan fingerprint density at radius 1 is 1.05 bits per heavy atom. The summed E-state index contributed by atoms with van der Waals surface area (Å²) in [5, 5.41) is 9.49. The molecule has 0 saturated carbocycles. The topological polar surface area (TPSA) is 37.3 Å². The summed E-state index contributed by atoms with van der Waals surface area (Å²) in [5.74, 6) is -1.19. The number of hydrogen-bond acceptors (Lipinski definition) is 1. The SMILES string of the molecule is Cc1cc(C)c(CCC(C(=O)O)c2ccccc2)c(C)c1.